The van der Waals surface area contributed by atoms with Gasteiger partial charge >= 0.3 is 5.97 Å². The van der Waals surface area contributed by atoms with E-state index in [-0.39, 0.29) is 11.3 Å². The molecule has 28 heavy (non-hydrogen) atoms. The van der Waals surface area contributed by atoms with E-state index in [0.717, 1.165) is 45.1 Å². The second-order valence-corrected chi connectivity index (χ2v) is 6.30. The van der Waals surface area contributed by atoms with Crippen molar-refractivity contribution in [3.8, 4) is 0 Å². The molecule has 1 saturated heterocycles. The van der Waals surface area contributed by atoms with Crippen LogP contribution in [0.1, 0.15) is 20.8 Å². The number of morpholine rings is 1. The number of nitrogens with one attached hydrogen (secondary N) is 2. The average Bonchev–Trinajstić information content (AvgIpc) is 2.74. The fraction of sp³-hybridized carbons (Fsp3) is 0.350. The normalized spacial score (nSPS) is 14.3. The lowest BCUT2D eigenvalue weighted by Gasteiger charge is -2.26. The Morgan fingerprint density at radius 3 is 2.79 bits per heavy atom. The van der Waals surface area contributed by atoms with E-state index in [0.29, 0.717) is 5.69 Å². The topological polar surface area (TPSA) is 92.8 Å². The quantitative estimate of drug-likeness (QED) is 0.704. The van der Waals surface area contributed by atoms with Crippen LogP contribution in [0, 0.1) is 0 Å². The molecule has 1 fully saturated rings. The van der Waals surface area contributed by atoms with Crippen molar-refractivity contribution in [2.24, 2.45) is 0 Å². The zero-order valence-electron chi connectivity index (χ0n) is 15.8. The summed E-state index contributed by atoms with van der Waals surface area (Å²) < 4.78 is 10.1. The Hall–Kier alpha value is -2.97. The van der Waals surface area contributed by atoms with E-state index in [1.165, 1.54) is 7.11 Å². The smallest absolute Gasteiger partial charge is 0.339 e. The predicted octanol–water partition coefficient (Wildman–Crippen LogP) is 1.86. The van der Waals surface area contributed by atoms with Gasteiger partial charge in [-0.2, -0.15) is 0 Å². The highest BCUT2D eigenvalue weighted by molar-refractivity contribution is 6.07. The summed E-state index contributed by atoms with van der Waals surface area (Å²) in [6.07, 6.45) is 1.58. The van der Waals surface area contributed by atoms with Crippen molar-refractivity contribution in [3.63, 3.8) is 0 Å². The molecule has 1 aromatic carbocycles. The van der Waals surface area contributed by atoms with Crippen LogP contribution in [0.15, 0.2) is 42.6 Å². The van der Waals surface area contributed by atoms with Crippen molar-refractivity contribution in [1.82, 2.24) is 9.88 Å². The second kappa shape index (κ2) is 9.82. The first-order valence-electron chi connectivity index (χ1n) is 9.16. The molecular weight excluding hydrogens is 360 g/mol. The monoisotopic (exact) mass is 384 g/mol. The number of ether oxygens (including phenoxy) is 2. The van der Waals surface area contributed by atoms with Crippen molar-refractivity contribution in [3.05, 3.63) is 53.9 Å². The highest BCUT2D eigenvalue weighted by Crippen LogP contribution is 2.17. The number of carbonyl (C=O) groups is 2. The van der Waals surface area contributed by atoms with Crippen LogP contribution in [-0.4, -0.2) is 68.3 Å². The van der Waals surface area contributed by atoms with Crippen molar-refractivity contribution in [1.29, 1.82) is 0 Å². The Morgan fingerprint density at radius 1 is 1.21 bits per heavy atom. The van der Waals surface area contributed by atoms with Crippen LogP contribution in [0.5, 0.6) is 0 Å². The van der Waals surface area contributed by atoms with Gasteiger partial charge in [0, 0.05) is 38.1 Å². The number of pyridine rings is 1. The molecule has 0 aliphatic carbocycles. The summed E-state index contributed by atoms with van der Waals surface area (Å²) in [4.78, 5) is 30.9. The van der Waals surface area contributed by atoms with Crippen molar-refractivity contribution in [2.45, 2.75) is 0 Å². The minimum absolute atomic E-state index is 0.260. The van der Waals surface area contributed by atoms with E-state index in [2.05, 4.69) is 20.5 Å². The Labute approximate surface area is 163 Å². The lowest BCUT2D eigenvalue weighted by Crippen LogP contribution is -2.39. The zero-order chi connectivity index (χ0) is 19.8. The number of para-hydroxylation sites is 1. The maximum absolute atomic E-state index is 12.6. The van der Waals surface area contributed by atoms with Gasteiger partial charge in [-0.3, -0.25) is 14.7 Å². The summed E-state index contributed by atoms with van der Waals surface area (Å²) >= 11 is 0. The number of anilines is 2. The lowest BCUT2D eigenvalue weighted by atomic mass is 10.1. The van der Waals surface area contributed by atoms with Gasteiger partial charge in [0.15, 0.2) is 0 Å². The molecule has 0 radical (unpaired) electrons. The Balaban J connectivity index is 1.60. The standard InChI is InChI=1S/C20H24N4O4/c1-27-20(26)16-4-2-3-5-17(16)23-19(25)18-14-15(6-7-22-18)21-8-9-24-10-12-28-13-11-24/h2-7,14H,8-13H2,1H3,(H,21,22)(H,23,25). The molecule has 1 amide bonds. The van der Waals surface area contributed by atoms with Gasteiger partial charge in [-0.1, -0.05) is 12.1 Å². The van der Waals surface area contributed by atoms with Crippen molar-refractivity contribution >= 4 is 23.3 Å². The molecular formula is C20H24N4O4. The number of hydrogen-bond donors (Lipinski definition) is 2. The van der Waals surface area contributed by atoms with Crippen LogP contribution >= 0.6 is 0 Å². The maximum Gasteiger partial charge on any atom is 0.339 e. The third-order valence-electron chi connectivity index (χ3n) is 4.43. The number of aromatic nitrogens is 1. The Morgan fingerprint density at radius 2 is 2.00 bits per heavy atom. The summed E-state index contributed by atoms with van der Waals surface area (Å²) in [5.74, 6) is -0.907. The molecule has 1 aromatic heterocycles. The van der Waals surface area contributed by atoms with Crippen LogP contribution in [0.4, 0.5) is 11.4 Å². The first-order chi connectivity index (χ1) is 13.7. The molecule has 0 unspecified atom stereocenters. The SMILES string of the molecule is COC(=O)c1ccccc1NC(=O)c1cc(NCCN2CCOCC2)ccn1. The summed E-state index contributed by atoms with van der Waals surface area (Å²) in [5.41, 5.74) is 1.75. The van der Waals surface area contributed by atoms with Gasteiger partial charge in [-0.25, -0.2) is 4.79 Å². The Kier molecular flexibility index (Phi) is 6.94. The number of hydrogen-bond acceptors (Lipinski definition) is 7. The van der Waals surface area contributed by atoms with Crippen LogP contribution in [0.2, 0.25) is 0 Å². The van der Waals surface area contributed by atoms with Crippen LogP contribution in [0.25, 0.3) is 0 Å². The number of carbonyl (C=O) groups excluding carboxylic acids is 2. The predicted molar refractivity (Wildman–Crippen MR) is 106 cm³/mol. The third kappa shape index (κ3) is 5.28. The number of esters is 1. The van der Waals surface area contributed by atoms with E-state index in [1.807, 2.05) is 6.07 Å². The fourth-order valence-corrected chi connectivity index (χ4v) is 2.91. The second-order valence-electron chi connectivity index (χ2n) is 6.30. The zero-order valence-corrected chi connectivity index (χ0v) is 15.8. The van der Waals surface area contributed by atoms with Gasteiger partial charge in [-0.05, 0) is 24.3 Å². The van der Waals surface area contributed by atoms with E-state index < -0.39 is 11.9 Å². The summed E-state index contributed by atoms with van der Waals surface area (Å²) in [7, 11) is 1.30. The molecule has 8 nitrogen and oxygen atoms in total. The molecule has 2 heterocycles. The molecule has 0 bridgehead atoms. The highest BCUT2D eigenvalue weighted by atomic mass is 16.5. The number of amides is 1. The van der Waals surface area contributed by atoms with Gasteiger partial charge in [0.2, 0.25) is 0 Å². The fourth-order valence-electron chi connectivity index (χ4n) is 2.91. The molecule has 0 spiro atoms. The molecule has 1 aliphatic heterocycles. The average molecular weight is 384 g/mol. The summed E-state index contributed by atoms with van der Waals surface area (Å²) in [5, 5.41) is 6.04. The molecule has 0 saturated carbocycles. The molecule has 2 N–H and O–H groups in total. The lowest BCUT2D eigenvalue weighted by molar-refractivity contribution is 0.0398. The first kappa shape index (κ1) is 19.8. The third-order valence-corrected chi connectivity index (χ3v) is 4.43. The minimum Gasteiger partial charge on any atom is -0.465 e. The van der Waals surface area contributed by atoms with E-state index in [9.17, 15) is 9.59 Å². The van der Waals surface area contributed by atoms with Gasteiger partial charge in [0.1, 0.15) is 5.69 Å². The van der Waals surface area contributed by atoms with E-state index in [4.69, 9.17) is 9.47 Å². The van der Waals surface area contributed by atoms with E-state index >= 15 is 0 Å². The van der Waals surface area contributed by atoms with Gasteiger partial charge < -0.3 is 20.1 Å². The van der Waals surface area contributed by atoms with Crippen LogP contribution < -0.4 is 10.6 Å². The van der Waals surface area contributed by atoms with Crippen molar-refractivity contribution < 1.29 is 19.1 Å². The molecule has 0 atom stereocenters. The summed E-state index contributed by atoms with van der Waals surface area (Å²) in [6, 6.07) is 10.2. The molecule has 148 valence electrons. The Bertz CT molecular complexity index is 821. The molecule has 2 aromatic rings. The highest BCUT2D eigenvalue weighted by Gasteiger charge is 2.15. The number of methoxy groups -OCH3 is 1. The molecule has 8 heteroatoms. The van der Waals surface area contributed by atoms with Gasteiger partial charge in [-0.15, -0.1) is 0 Å². The number of rotatable bonds is 7. The molecule has 1 aliphatic rings. The summed E-state index contributed by atoms with van der Waals surface area (Å²) in [6.45, 7) is 5.08. The van der Waals surface area contributed by atoms with Crippen LogP contribution in [0.3, 0.4) is 0 Å². The van der Waals surface area contributed by atoms with Gasteiger partial charge in [0.25, 0.3) is 5.91 Å². The van der Waals surface area contributed by atoms with Crippen molar-refractivity contribution in [2.75, 3.05) is 57.1 Å². The molecule has 3 rings (SSSR count). The van der Waals surface area contributed by atoms with Gasteiger partial charge in [0.05, 0.1) is 31.6 Å². The number of benzene rings is 1. The number of nitrogens with zero attached hydrogens (tertiary/aromatic N) is 2. The largest absolute Gasteiger partial charge is 0.465 e. The maximum atomic E-state index is 12.6. The first-order valence-corrected chi connectivity index (χ1v) is 9.16. The minimum atomic E-state index is -0.512. The van der Waals surface area contributed by atoms with E-state index in [1.54, 1.807) is 36.5 Å². The van der Waals surface area contributed by atoms with Crippen LogP contribution in [-0.2, 0) is 9.47 Å².